The molecule has 1 aromatic rings. The summed E-state index contributed by atoms with van der Waals surface area (Å²) in [6, 6.07) is -1.16. The number of aliphatic carboxylic acids is 1. The van der Waals surface area contributed by atoms with E-state index in [0.29, 0.717) is 4.57 Å². The minimum Gasteiger partial charge on any atom is -0.480 e. The first-order valence-electron chi connectivity index (χ1n) is 3.55. The summed E-state index contributed by atoms with van der Waals surface area (Å²) >= 11 is 0. The van der Waals surface area contributed by atoms with Gasteiger partial charge in [-0.05, 0) is 6.92 Å². The van der Waals surface area contributed by atoms with Crippen LogP contribution >= 0.6 is 0 Å². The molecule has 7 heteroatoms. The van der Waals surface area contributed by atoms with Crippen molar-refractivity contribution in [1.82, 2.24) is 14.3 Å². The molecule has 0 aromatic carbocycles. The fourth-order valence-corrected chi connectivity index (χ4v) is 0.946. The molecule has 1 atom stereocenters. The number of nitrogens with one attached hydrogen (secondary N) is 1. The molecule has 0 fully saturated rings. The van der Waals surface area contributed by atoms with E-state index in [9.17, 15) is 14.4 Å². The van der Waals surface area contributed by atoms with Crippen LogP contribution in [0.3, 0.4) is 0 Å². The Kier molecular flexibility index (Phi) is 2.09. The second-order valence-electron chi connectivity index (χ2n) is 2.64. The molecule has 1 aromatic heterocycles. The molecule has 0 aliphatic heterocycles. The molecule has 13 heavy (non-hydrogen) atoms. The zero-order valence-electron chi connectivity index (χ0n) is 7.14. The highest BCUT2D eigenvalue weighted by atomic mass is 16.4. The van der Waals surface area contributed by atoms with Crippen molar-refractivity contribution in [2.24, 2.45) is 7.05 Å². The summed E-state index contributed by atoms with van der Waals surface area (Å²) in [5.74, 6) is -1.22. The molecular weight excluding hydrogens is 178 g/mol. The average Bonchev–Trinajstić information content (AvgIpc) is 2.26. The summed E-state index contributed by atoms with van der Waals surface area (Å²) in [6.07, 6.45) is 0. The lowest BCUT2D eigenvalue weighted by Crippen LogP contribution is -2.34. The quantitative estimate of drug-likeness (QED) is 0.590. The van der Waals surface area contributed by atoms with Crippen LogP contribution in [0.25, 0.3) is 0 Å². The van der Waals surface area contributed by atoms with Gasteiger partial charge in [0.25, 0.3) is 0 Å². The van der Waals surface area contributed by atoms with E-state index >= 15 is 0 Å². The number of hydrogen-bond acceptors (Lipinski definition) is 3. The fraction of sp³-hybridized carbons (Fsp3) is 0.500. The number of carboxylic acid groups (broad SMARTS) is 1. The Morgan fingerprint density at radius 1 is 1.54 bits per heavy atom. The number of carbonyl (C=O) groups is 1. The standard InChI is InChI=1S/C6H9N3O4/c1-3(4(10)11)9-5(12)7-8(2)6(9)13/h3H,1-2H3,(H,7,12)(H,10,11). The molecule has 1 rings (SSSR count). The number of H-pyrrole nitrogens is 1. The largest absolute Gasteiger partial charge is 0.480 e. The normalized spacial score (nSPS) is 12.8. The molecule has 0 saturated carbocycles. The van der Waals surface area contributed by atoms with E-state index < -0.39 is 23.4 Å². The van der Waals surface area contributed by atoms with Crippen LogP contribution in [0.4, 0.5) is 0 Å². The van der Waals surface area contributed by atoms with Crippen LogP contribution in [-0.4, -0.2) is 25.4 Å². The number of aromatic amines is 1. The van der Waals surface area contributed by atoms with Gasteiger partial charge in [-0.1, -0.05) is 0 Å². The maximum absolute atomic E-state index is 11.2. The predicted molar refractivity (Wildman–Crippen MR) is 42.6 cm³/mol. The van der Waals surface area contributed by atoms with Gasteiger partial charge < -0.3 is 5.11 Å². The topological polar surface area (TPSA) is 97.1 Å². The lowest BCUT2D eigenvalue weighted by molar-refractivity contribution is -0.140. The highest BCUT2D eigenvalue weighted by molar-refractivity contribution is 5.71. The summed E-state index contributed by atoms with van der Waals surface area (Å²) < 4.78 is 1.57. The first-order chi connectivity index (χ1) is 5.95. The van der Waals surface area contributed by atoms with E-state index in [2.05, 4.69) is 5.10 Å². The Morgan fingerprint density at radius 2 is 2.08 bits per heavy atom. The van der Waals surface area contributed by atoms with Crippen LogP contribution in [0, 0.1) is 0 Å². The van der Waals surface area contributed by atoms with Gasteiger partial charge in [-0.15, -0.1) is 0 Å². The van der Waals surface area contributed by atoms with Crippen molar-refractivity contribution < 1.29 is 9.90 Å². The molecule has 7 nitrogen and oxygen atoms in total. The number of aromatic nitrogens is 3. The van der Waals surface area contributed by atoms with Gasteiger partial charge in [0.15, 0.2) is 0 Å². The van der Waals surface area contributed by atoms with Crippen molar-refractivity contribution in [3.63, 3.8) is 0 Å². The minimum absolute atomic E-state index is 0.641. The third-order valence-electron chi connectivity index (χ3n) is 1.72. The fourth-order valence-electron chi connectivity index (χ4n) is 0.946. The molecule has 0 bridgehead atoms. The van der Waals surface area contributed by atoms with Crippen LogP contribution in [0.1, 0.15) is 13.0 Å². The summed E-state index contributed by atoms with van der Waals surface area (Å²) in [6.45, 7) is 1.26. The van der Waals surface area contributed by atoms with Crippen molar-refractivity contribution in [1.29, 1.82) is 0 Å². The highest BCUT2D eigenvalue weighted by Gasteiger charge is 2.19. The minimum atomic E-state index is -1.22. The van der Waals surface area contributed by atoms with Crippen LogP contribution in [-0.2, 0) is 11.8 Å². The monoisotopic (exact) mass is 187 g/mol. The average molecular weight is 187 g/mol. The van der Waals surface area contributed by atoms with Crippen molar-refractivity contribution in [3.05, 3.63) is 21.0 Å². The van der Waals surface area contributed by atoms with E-state index in [1.165, 1.54) is 14.0 Å². The van der Waals surface area contributed by atoms with Crippen LogP contribution in [0.2, 0.25) is 0 Å². The van der Waals surface area contributed by atoms with Gasteiger partial charge in [0.1, 0.15) is 6.04 Å². The van der Waals surface area contributed by atoms with Crippen molar-refractivity contribution in [2.75, 3.05) is 0 Å². The zero-order valence-corrected chi connectivity index (χ0v) is 7.14. The molecule has 0 amide bonds. The van der Waals surface area contributed by atoms with Gasteiger partial charge in [0.05, 0.1) is 0 Å². The Bertz CT molecular complexity index is 437. The maximum Gasteiger partial charge on any atom is 0.347 e. The van der Waals surface area contributed by atoms with Gasteiger partial charge in [-0.2, -0.15) is 0 Å². The van der Waals surface area contributed by atoms with Crippen LogP contribution < -0.4 is 11.4 Å². The summed E-state index contributed by atoms with van der Waals surface area (Å²) in [5.41, 5.74) is -1.39. The lowest BCUT2D eigenvalue weighted by atomic mass is 10.3. The van der Waals surface area contributed by atoms with Gasteiger partial charge in [-0.25, -0.2) is 28.7 Å². The van der Waals surface area contributed by atoms with Crippen molar-refractivity contribution in [2.45, 2.75) is 13.0 Å². The number of carboxylic acids is 1. The maximum atomic E-state index is 11.2. The van der Waals surface area contributed by atoms with Gasteiger partial charge in [0, 0.05) is 7.05 Å². The molecule has 72 valence electrons. The molecule has 0 saturated heterocycles. The Labute approximate surface area is 72.2 Å². The molecule has 1 heterocycles. The number of aryl methyl sites for hydroxylation is 1. The first-order valence-corrected chi connectivity index (χ1v) is 3.55. The molecule has 0 aliphatic rings. The lowest BCUT2D eigenvalue weighted by Gasteiger charge is -2.02. The molecule has 1 unspecified atom stereocenters. The third kappa shape index (κ3) is 1.40. The van der Waals surface area contributed by atoms with Crippen molar-refractivity contribution in [3.8, 4) is 0 Å². The van der Waals surface area contributed by atoms with E-state index in [1.54, 1.807) is 0 Å². The number of hydrogen-bond donors (Lipinski definition) is 2. The Balaban J connectivity index is 3.38. The van der Waals surface area contributed by atoms with Gasteiger partial charge in [0.2, 0.25) is 0 Å². The summed E-state index contributed by atoms with van der Waals surface area (Å²) in [4.78, 5) is 32.7. The van der Waals surface area contributed by atoms with Crippen LogP contribution in [0.15, 0.2) is 9.59 Å². The molecule has 2 N–H and O–H groups in total. The van der Waals surface area contributed by atoms with Gasteiger partial charge in [-0.3, -0.25) is 0 Å². The van der Waals surface area contributed by atoms with Gasteiger partial charge >= 0.3 is 17.3 Å². The number of nitrogens with zero attached hydrogens (tertiary/aromatic N) is 2. The molecule has 0 spiro atoms. The van der Waals surface area contributed by atoms with E-state index in [-0.39, 0.29) is 0 Å². The summed E-state index contributed by atoms with van der Waals surface area (Å²) in [5, 5.41) is 10.7. The summed E-state index contributed by atoms with van der Waals surface area (Å²) in [7, 11) is 1.34. The predicted octanol–water partition coefficient (Wildman–Crippen LogP) is -1.48. The van der Waals surface area contributed by atoms with E-state index in [1.807, 2.05) is 0 Å². The zero-order chi connectivity index (χ0) is 10.2. The highest BCUT2D eigenvalue weighted by Crippen LogP contribution is 1.96. The molecule has 0 aliphatic carbocycles. The number of rotatable bonds is 2. The molecular formula is C6H9N3O4. The Hall–Kier alpha value is -1.79. The van der Waals surface area contributed by atoms with E-state index in [0.717, 1.165) is 4.68 Å². The first kappa shape index (κ1) is 9.30. The third-order valence-corrected chi connectivity index (χ3v) is 1.72. The second-order valence-corrected chi connectivity index (χ2v) is 2.64. The Morgan fingerprint density at radius 3 is 2.38 bits per heavy atom. The molecule has 0 radical (unpaired) electrons. The smallest absolute Gasteiger partial charge is 0.347 e. The van der Waals surface area contributed by atoms with E-state index in [4.69, 9.17) is 5.11 Å². The second kappa shape index (κ2) is 2.92. The van der Waals surface area contributed by atoms with Crippen molar-refractivity contribution >= 4 is 5.97 Å². The SMILES string of the molecule is CC(C(=O)O)n1c(=O)[nH]n(C)c1=O. The van der Waals surface area contributed by atoms with Crippen LogP contribution in [0.5, 0.6) is 0 Å².